The number of ether oxygens (including phenoxy) is 1. The van der Waals surface area contributed by atoms with Gasteiger partial charge in [-0.15, -0.1) is 0 Å². The van der Waals surface area contributed by atoms with Crippen LogP contribution in [0.4, 0.5) is 5.69 Å². The Morgan fingerprint density at radius 1 is 0.969 bits per heavy atom. The lowest BCUT2D eigenvalue weighted by Crippen LogP contribution is -2.41. The van der Waals surface area contributed by atoms with Crippen molar-refractivity contribution in [2.75, 3.05) is 18.0 Å². The molecule has 0 fully saturated rings. The highest BCUT2D eigenvalue weighted by atomic mass is 32.2. The maximum atomic E-state index is 13.4. The molecule has 7 heteroatoms. The second kappa shape index (κ2) is 9.87. The van der Waals surface area contributed by atoms with Crippen molar-refractivity contribution in [2.45, 2.75) is 31.7 Å². The molecule has 1 atom stereocenters. The zero-order valence-electron chi connectivity index (χ0n) is 18.7. The van der Waals surface area contributed by atoms with Gasteiger partial charge in [-0.1, -0.05) is 42.0 Å². The number of sulfonamides is 1. The van der Waals surface area contributed by atoms with Crippen molar-refractivity contribution in [2.24, 2.45) is 0 Å². The molecule has 0 radical (unpaired) electrons. The van der Waals surface area contributed by atoms with Crippen LogP contribution in [0, 0.1) is 13.8 Å². The highest BCUT2D eigenvalue weighted by molar-refractivity contribution is 7.92. The van der Waals surface area contributed by atoms with Gasteiger partial charge in [-0.3, -0.25) is 9.10 Å². The molecule has 3 rings (SSSR count). The molecule has 0 aliphatic heterocycles. The summed E-state index contributed by atoms with van der Waals surface area (Å²) in [4.78, 5) is 13.0. The van der Waals surface area contributed by atoms with Crippen LogP contribution in [0.2, 0.25) is 0 Å². The summed E-state index contributed by atoms with van der Waals surface area (Å²) in [5.74, 6) is 0.326. The van der Waals surface area contributed by atoms with E-state index in [-0.39, 0.29) is 17.5 Å². The van der Waals surface area contributed by atoms with Gasteiger partial charge < -0.3 is 10.1 Å². The van der Waals surface area contributed by atoms with Crippen LogP contribution in [-0.4, -0.2) is 28.0 Å². The van der Waals surface area contributed by atoms with E-state index in [1.807, 2.05) is 51.1 Å². The zero-order valence-corrected chi connectivity index (χ0v) is 19.5. The van der Waals surface area contributed by atoms with Gasteiger partial charge >= 0.3 is 0 Å². The lowest BCUT2D eigenvalue weighted by atomic mass is 10.1. The lowest BCUT2D eigenvalue weighted by Gasteiger charge is -2.25. The Bertz CT molecular complexity index is 1170. The summed E-state index contributed by atoms with van der Waals surface area (Å²) in [7, 11) is -2.34. The maximum Gasteiger partial charge on any atom is 0.264 e. The molecule has 3 aromatic rings. The average Bonchev–Trinajstić information content (AvgIpc) is 2.77. The van der Waals surface area contributed by atoms with E-state index in [4.69, 9.17) is 4.74 Å². The number of nitrogens with one attached hydrogen (secondary N) is 1. The third kappa shape index (κ3) is 5.48. The number of benzene rings is 3. The number of methoxy groups -OCH3 is 1. The van der Waals surface area contributed by atoms with E-state index in [2.05, 4.69) is 5.32 Å². The number of carbonyl (C=O) groups excluding carboxylic acids is 1. The second-order valence-electron chi connectivity index (χ2n) is 7.73. The second-order valence-corrected chi connectivity index (χ2v) is 9.59. The van der Waals surface area contributed by atoms with E-state index < -0.39 is 15.9 Å². The Kier molecular flexibility index (Phi) is 7.20. The number of hydrogen-bond donors (Lipinski definition) is 1. The first-order valence-corrected chi connectivity index (χ1v) is 11.7. The van der Waals surface area contributed by atoms with E-state index in [0.717, 1.165) is 26.7 Å². The fourth-order valence-electron chi connectivity index (χ4n) is 3.33. The van der Waals surface area contributed by atoms with Crippen molar-refractivity contribution < 1.29 is 17.9 Å². The summed E-state index contributed by atoms with van der Waals surface area (Å²) >= 11 is 0. The van der Waals surface area contributed by atoms with Crippen LogP contribution in [0.5, 0.6) is 5.75 Å². The molecule has 0 bridgehead atoms. The van der Waals surface area contributed by atoms with E-state index >= 15 is 0 Å². The van der Waals surface area contributed by atoms with Crippen LogP contribution >= 0.6 is 0 Å². The molecule has 32 heavy (non-hydrogen) atoms. The first kappa shape index (κ1) is 23.3. The molecule has 0 spiro atoms. The number of hydrogen-bond acceptors (Lipinski definition) is 4. The maximum absolute atomic E-state index is 13.4. The standard InChI is InChI=1S/C25H28N2O4S/c1-18-8-14-24(15-9-18)32(29,30)27(22-7-5-6-19(2)16-22)17-25(28)26-20(3)21-10-12-23(31-4)13-11-21/h5-16,20H,17H2,1-4H3,(H,26,28)/t20-/m1/s1. The van der Waals surface area contributed by atoms with E-state index in [1.165, 1.54) is 0 Å². The Hall–Kier alpha value is -3.32. The van der Waals surface area contributed by atoms with Crippen LogP contribution in [0.1, 0.15) is 29.7 Å². The van der Waals surface area contributed by atoms with Gasteiger partial charge in [-0.2, -0.15) is 0 Å². The van der Waals surface area contributed by atoms with Crippen molar-refractivity contribution in [1.82, 2.24) is 5.32 Å². The molecule has 6 nitrogen and oxygen atoms in total. The number of rotatable bonds is 8. The predicted molar refractivity (Wildman–Crippen MR) is 126 cm³/mol. The number of amides is 1. The molecule has 3 aromatic carbocycles. The first-order chi connectivity index (χ1) is 15.2. The molecule has 0 aromatic heterocycles. The van der Waals surface area contributed by atoms with Crippen LogP contribution in [0.3, 0.4) is 0 Å². The lowest BCUT2D eigenvalue weighted by molar-refractivity contribution is -0.120. The number of aryl methyl sites for hydroxylation is 2. The summed E-state index contributed by atoms with van der Waals surface area (Å²) in [5, 5.41) is 2.90. The molecule has 1 N–H and O–H groups in total. The molecule has 0 unspecified atom stereocenters. The third-order valence-electron chi connectivity index (χ3n) is 5.18. The van der Waals surface area contributed by atoms with E-state index in [9.17, 15) is 13.2 Å². The van der Waals surface area contributed by atoms with Crippen molar-refractivity contribution in [3.8, 4) is 5.75 Å². The summed E-state index contributed by atoms with van der Waals surface area (Å²) < 4.78 is 33.2. The van der Waals surface area contributed by atoms with Crippen LogP contribution in [-0.2, 0) is 14.8 Å². The average molecular weight is 453 g/mol. The summed E-state index contributed by atoms with van der Waals surface area (Å²) in [6.07, 6.45) is 0. The van der Waals surface area contributed by atoms with Crippen LogP contribution in [0.25, 0.3) is 0 Å². The van der Waals surface area contributed by atoms with Gasteiger partial charge in [-0.25, -0.2) is 8.42 Å². The van der Waals surface area contributed by atoms with E-state index in [1.54, 1.807) is 49.6 Å². The van der Waals surface area contributed by atoms with Gasteiger partial charge in [0.2, 0.25) is 5.91 Å². The SMILES string of the molecule is COc1ccc([C@@H](C)NC(=O)CN(c2cccc(C)c2)S(=O)(=O)c2ccc(C)cc2)cc1. The fraction of sp³-hybridized carbons (Fsp3) is 0.240. The fourth-order valence-corrected chi connectivity index (χ4v) is 4.74. The molecule has 168 valence electrons. The zero-order chi connectivity index (χ0) is 23.3. The predicted octanol–water partition coefficient (Wildman–Crippen LogP) is 4.38. The van der Waals surface area contributed by atoms with Gasteiger partial charge in [0.25, 0.3) is 10.0 Å². The molecule has 1 amide bonds. The summed E-state index contributed by atoms with van der Waals surface area (Å²) in [6, 6.07) is 20.8. The summed E-state index contributed by atoms with van der Waals surface area (Å²) in [5.41, 5.74) is 3.19. The van der Waals surface area contributed by atoms with Crippen molar-refractivity contribution in [3.63, 3.8) is 0 Å². The monoisotopic (exact) mass is 452 g/mol. The van der Waals surface area contributed by atoms with Gasteiger partial charge in [0.05, 0.1) is 23.7 Å². The van der Waals surface area contributed by atoms with Crippen molar-refractivity contribution in [1.29, 1.82) is 0 Å². The van der Waals surface area contributed by atoms with Gasteiger partial charge in [0.15, 0.2) is 0 Å². The van der Waals surface area contributed by atoms with Crippen molar-refractivity contribution in [3.05, 3.63) is 89.5 Å². The van der Waals surface area contributed by atoms with Gasteiger partial charge in [0, 0.05) is 0 Å². The molecule has 0 saturated heterocycles. The quantitative estimate of drug-likeness (QED) is 0.550. The minimum Gasteiger partial charge on any atom is -0.497 e. The molecule has 0 aliphatic carbocycles. The third-order valence-corrected chi connectivity index (χ3v) is 6.97. The number of carbonyl (C=O) groups is 1. The van der Waals surface area contributed by atoms with Crippen molar-refractivity contribution >= 4 is 21.6 Å². The topological polar surface area (TPSA) is 75.7 Å². The molecular formula is C25H28N2O4S. The highest BCUT2D eigenvalue weighted by Crippen LogP contribution is 2.25. The van der Waals surface area contributed by atoms with Gasteiger partial charge in [-0.05, 0) is 68.3 Å². The minimum absolute atomic E-state index is 0.139. The Morgan fingerprint density at radius 3 is 2.22 bits per heavy atom. The smallest absolute Gasteiger partial charge is 0.264 e. The van der Waals surface area contributed by atoms with Crippen LogP contribution < -0.4 is 14.4 Å². The molecule has 0 saturated carbocycles. The number of nitrogens with zero attached hydrogens (tertiary/aromatic N) is 1. The largest absolute Gasteiger partial charge is 0.497 e. The minimum atomic E-state index is -3.94. The Labute approximate surface area is 189 Å². The Balaban J connectivity index is 1.86. The molecular weight excluding hydrogens is 424 g/mol. The van der Waals surface area contributed by atoms with E-state index in [0.29, 0.717) is 5.69 Å². The first-order valence-electron chi connectivity index (χ1n) is 10.3. The van der Waals surface area contributed by atoms with Gasteiger partial charge in [0.1, 0.15) is 12.3 Å². The highest BCUT2D eigenvalue weighted by Gasteiger charge is 2.27. The molecule has 0 aliphatic rings. The Morgan fingerprint density at radius 2 is 1.62 bits per heavy atom. The van der Waals surface area contributed by atoms with Crippen LogP contribution in [0.15, 0.2) is 77.7 Å². The number of anilines is 1. The summed E-state index contributed by atoms with van der Waals surface area (Å²) in [6.45, 7) is 5.29. The normalized spacial score (nSPS) is 12.1. The molecule has 0 heterocycles.